The molecule has 1 aromatic heterocycles. The van der Waals surface area contributed by atoms with Crippen molar-refractivity contribution in [2.24, 2.45) is 5.10 Å². The van der Waals surface area contributed by atoms with Gasteiger partial charge in [-0.05, 0) is 36.4 Å². The topological polar surface area (TPSA) is 99.9 Å². The lowest BCUT2D eigenvalue weighted by atomic mass is 10.2. The van der Waals surface area contributed by atoms with Crippen LogP contribution in [0.1, 0.15) is 5.56 Å². The molecular formula is C26H24BrN5O4S. The van der Waals surface area contributed by atoms with Crippen LogP contribution in [-0.2, 0) is 4.79 Å². The second kappa shape index (κ2) is 12.4. The molecule has 0 saturated heterocycles. The minimum Gasteiger partial charge on any atom is -0.493 e. The summed E-state index contributed by atoms with van der Waals surface area (Å²) in [6.07, 6.45) is 1.51. The van der Waals surface area contributed by atoms with E-state index >= 15 is 0 Å². The van der Waals surface area contributed by atoms with Crippen LogP contribution in [-0.4, -0.2) is 54.0 Å². The van der Waals surface area contributed by atoms with Crippen LogP contribution in [0, 0.1) is 0 Å². The Morgan fingerprint density at radius 2 is 1.68 bits per heavy atom. The molecule has 0 aliphatic rings. The molecule has 0 aliphatic carbocycles. The molecule has 0 saturated carbocycles. The first kappa shape index (κ1) is 26.2. The van der Waals surface area contributed by atoms with E-state index in [2.05, 4.69) is 36.7 Å². The molecule has 0 bridgehead atoms. The number of amides is 1. The minimum atomic E-state index is -0.290. The number of para-hydroxylation sites is 1. The molecule has 0 fully saturated rings. The summed E-state index contributed by atoms with van der Waals surface area (Å²) >= 11 is 4.73. The normalized spacial score (nSPS) is 10.9. The van der Waals surface area contributed by atoms with E-state index in [0.29, 0.717) is 33.8 Å². The number of hydrogen-bond donors (Lipinski definition) is 1. The number of hydrogen-bond acceptors (Lipinski definition) is 8. The van der Waals surface area contributed by atoms with Crippen LogP contribution in [0.15, 0.2) is 81.5 Å². The Labute approximate surface area is 227 Å². The maximum Gasteiger partial charge on any atom is 0.250 e. The van der Waals surface area contributed by atoms with Gasteiger partial charge in [0.25, 0.3) is 5.91 Å². The van der Waals surface area contributed by atoms with Crippen molar-refractivity contribution < 1.29 is 19.0 Å². The second-order valence-corrected chi connectivity index (χ2v) is 9.38. The van der Waals surface area contributed by atoms with E-state index in [4.69, 9.17) is 14.2 Å². The lowest BCUT2D eigenvalue weighted by Crippen LogP contribution is -2.20. The van der Waals surface area contributed by atoms with E-state index in [1.165, 1.54) is 39.3 Å². The number of aromatic nitrogens is 3. The number of carbonyl (C=O) groups is 1. The third kappa shape index (κ3) is 6.30. The molecule has 37 heavy (non-hydrogen) atoms. The molecule has 1 heterocycles. The Hall–Kier alpha value is -3.83. The van der Waals surface area contributed by atoms with Gasteiger partial charge in [0, 0.05) is 21.3 Å². The summed E-state index contributed by atoms with van der Waals surface area (Å²) in [7, 11) is 4.60. The zero-order chi connectivity index (χ0) is 26.2. The van der Waals surface area contributed by atoms with Gasteiger partial charge < -0.3 is 14.2 Å². The van der Waals surface area contributed by atoms with Crippen LogP contribution in [0.25, 0.3) is 17.1 Å². The summed E-state index contributed by atoms with van der Waals surface area (Å²) in [5, 5.41) is 13.4. The highest BCUT2D eigenvalue weighted by molar-refractivity contribution is 9.10. The average Bonchev–Trinajstić information content (AvgIpc) is 3.36. The fourth-order valence-corrected chi connectivity index (χ4v) is 4.48. The van der Waals surface area contributed by atoms with Gasteiger partial charge in [-0.2, -0.15) is 5.10 Å². The average molecular weight is 582 g/mol. The van der Waals surface area contributed by atoms with E-state index in [9.17, 15) is 4.79 Å². The minimum absolute atomic E-state index is 0.0951. The number of nitrogens with zero attached hydrogens (tertiary/aromatic N) is 4. The van der Waals surface area contributed by atoms with Crippen LogP contribution in [0.2, 0.25) is 0 Å². The predicted octanol–water partition coefficient (Wildman–Crippen LogP) is 4.97. The maximum atomic E-state index is 12.5. The van der Waals surface area contributed by atoms with E-state index in [1.54, 1.807) is 12.1 Å². The van der Waals surface area contributed by atoms with Crippen LogP contribution in [0.3, 0.4) is 0 Å². The molecule has 9 nitrogen and oxygen atoms in total. The van der Waals surface area contributed by atoms with Crippen molar-refractivity contribution >= 4 is 39.8 Å². The van der Waals surface area contributed by atoms with E-state index in [0.717, 1.165) is 15.7 Å². The third-order valence-electron chi connectivity index (χ3n) is 5.17. The molecular weight excluding hydrogens is 558 g/mol. The number of carbonyl (C=O) groups excluding carboxylic acids is 1. The summed E-state index contributed by atoms with van der Waals surface area (Å²) in [4.78, 5) is 12.5. The molecule has 1 N–H and O–H groups in total. The standard InChI is InChI=1S/C26H24BrN5O4S/c1-34-21-13-17(14-22(35-2)24(21)36-3)15-28-29-23(33)16-37-26-31-30-25(18-9-11-19(27)12-10-18)32(26)20-7-5-4-6-8-20/h4-15H,16H2,1-3H3,(H,29,33)/b28-15+. The fraction of sp³-hybridized carbons (Fsp3) is 0.154. The first-order valence-electron chi connectivity index (χ1n) is 11.1. The maximum absolute atomic E-state index is 12.5. The molecule has 11 heteroatoms. The number of methoxy groups -OCH3 is 3. The number of thioether (sulfide) groups is 1. The monoisotopic (exact) mass is 581 g/mol. The van der Waals surface area contributed by atoms with Crippen LogP contribution < -0.4 is 19.6 Å². The highest BCUT2D eigenvalue weighted by atomic mass is 79.9. The van der Waals surface area contributed by atoms with Crippen molar-refractivity contribution in [2.75, 3.05) is 27.1 Å². The second-order valence-electron chi connectivity index (χ2n) is 7.52. The zero-order valence-electron chi connectivity index (χ0n) is 20.3. The first-order valence-corrected chi connectivity index (χ1v) is 12.8. The van der Waals surface area contributed by atoms with E-state index in [-0.39, 0.29) is 11.7 Å². The molecule has 190 valence electrons. The van der Waals surface area contributed by atoms with E-state index < -0.39 is 0 Å². The number of halogens is 1. The molecule has 0 atom stereocenters. The van der Waals surface area contributed by atoms with Crippen LogP contribution in [0.4, 0.5) is 0 Å². The SMILES string of the molecule is COc1cc(/C=N/NC(=O)CSc2nnc(-c3ccc(Br)cc3)n2-c2ccccc2)cc(OC)c1OC. The first-order chi connectivity index (χ1) is 18.0. The summed E-state index contributed by atoms with van der Waals surface area (Å²) < 4.78 is 18.9. The lowest BCUT2D eigenvalue weighted by Gasteiger charge is -2.12. The Morgan fingerprint density at radius 1 is 1.00 bits per heavy atom. The van der Waals surface area contributed by atoms with Gasteiger partial charge >= 0.3 is 0 Å². The zero-order valence-corrected chi connectivity index (χ0v) is 22.7. The summed E-state index contributed by atoms with van der Waals surface area (Å²) in [6, 6.07) is 21.1. The molecule has 4 rings (SSSR count). The van der Waals surface area contributed by atoms with Crippen molar-refractivity contribution in [2.45, 2.75) is 5.16 Å². The third-order valence-corrected chi connectivity index (χ3v) is 6.63. The summed E-state index contributed by atoms with van der Waals surface area (Å²) in [5.41, 5.74) is 5.02. The Balaban J connectivity index is 1.47. The molecule has 0 spiro atoms. The van der Waals surface area contributed by atoms with Crippen molar-refractivity contribution in [3.8, 4) is 34.3 Å². The fourth-order valence-electron chi connectivity index (χ4n) is 3.48. The van der Waals surface area contributed by atoms with Gasteiger partial charge in [0.1, 0.15) is 0 Å². The van der Waals surface area contributed by atoms with Gasteiger partial charge in [-0.3, -0.25) is 9.36 Å². The highest BCUT2D eigenvalue weighted by Gasteiger charge is 2.17. The number of hydrazone groups is 1. The summed E-state index contributed by atoms with van der Waals surface area (Å²) in [6.45, 7) is 0. The largest absolute Gasteiger partial charge is 0.493 e. The van der Waals surface area contributed by atoms with Gasteiger partial charge in [-0.1, -0.05) is 58.0 Å². The van der Waals surface area contributed by atoms with Crippen LogP contribution >= 0.6 is 27.7 Å². The highest BCUT2D eigenvalue weighted by Crippen LogP contribution is 2.37. The summed E-state index contributed by atoms with van der Waals surface area (Å²) in [5.74, 6) is 1.95. The van der Waals surface area contributed by atoms with Crippen molar-refractivity contribution in [3.05, 3.63) is 76.8 Å². The van der Waals surface area contributed by atoms with Gasteiger partial charge in [0.2, 0.25) is 5.75 Å². The molecule has 0 radical (unpaired) electrons. The Kier molecular flexibility index (Phi) is 8.81. The van der Waals surface area contributed by atoms with Gasteiger partial charge in [-0.25, -0.2) is 5.43 Å². The van der Waals surface area contributed by atoms with Gasteiger partial charge in [0.05, 0.1) is 33.3 Å². The van der Waals surface area contributed by atoms with Crippen molar-refractivity contribution in [3.63, 3.8) is 0 Å². The number of ether oxygens (including phenoxy) is 3. The van der Waals surface area contributed by atoms with Gasteiger partial charge in [-0.15, -0.1) is 10.2 Å². The van der Waals surface area contributed by atoms with E-state index in [1.807, 2.05) is 59.2 Å². The Bertz CT molecular complexity index is 1370. The Morgan fingerprint density at radius 3 is 2.30 bits per heavy atom. The molecule has 4 aromatic rings. The molecule has 0 unspecified atom stereocenters. The quantitative estimate of drug-likeness (QED) is 0.160. The predicted molar refractivity (Wildman–Crippen MR) is 147 cm³/mol. The molecule has 0 aliphatic heterocycles. The van der Waals surface area contributed by atoms with Crippen molar-refractivity contribution in [1.82, 2.24) is 20.2 Å². The van der Waals surface area contributed by atoms with Crippen molar-refractivity contribution in [1.29, 1.82) is 0 Å². The molecule has 1 amide bonds. The molecule has 3 aromatic carbocycles. The van der Waals surface area contributed by atoms with Gasteiger partial charge in [0.15, 0.2) is 22.5 Å². The number of nitrogens with one attached hydrogen (secondary N) is 1. The number of rotatable bonds is 10. The smallest absolute Gasteiger partial charge is 0.250 e. The van der Waals surface area contributed by atoms with Crippen LogP contribution in [0.5, 0.6) is 17.2 Å². The number of benzene rings is 3. The lowest BCUT2D eigenvalue weighted by molar-refractivity contribution is -0.118.